The number of hydrogen-bond donors (Lipinski definition) is 1. The molecule has 144 valence electrons. The minimum Gasteiger partial charge on any atom is -0.481 e. The molecule has 1 unspecified atom stereocenters. The Hall–Kier alpha value is -1.90. The van der Waals surface area contributed by atoms with Crippen molar-refractivity contribution >= 4 is 37.5 Å². The highest BCUT2D eigenvalue weighted by atomic mass is 79.9. The molecule has 0 radical (unpaired) electrons. The van der Waals surface area contributed by atoms with E-state index in [1.165, 1.54) is 16.4 Å². The Bertz CT molecular complexity index is 892. The number of nitrogens with zero attached hydrogens (tertiary/aromatic N) is 1. The van der Waals surface area contributed by atoms with E-state index < -0.39 is 16.1 Å². The van der Waals surface area contributed by atoms with Crippen molar-refractivity contribution in [3.05, 3.63) is 53.0 Å². The highest BCUT2D eigenvalue weighted by molar-refractivity contribution is 9.10. The molecule has 0 spiro atoms. The zero-order valence-corrected chi connectivity index (χ0v) is 17.3. The van der Waals surface area contributed by atoms with Crippen molar-refractivity contribution < 1.29 is 17.9 Å². The Morgan fingerprint density at radius 1 is 1.07 bits per heavy atom. The smallest absolute Gasteiger partial charge is 0.265 e. The molecule has 1 atom stereocenters. The second-order valence-corrected chi connectivity index (χ2v) is 9.19. The fourth-order valence-electron chi connectivity index (χ4n) is 2.80. The number of hydrogen-bond acceptors (Lipinski definition) is 4. The molecule has 3 rings (SSSR count). The van der Waals surface area contributed by atoms with Crippen LogP contribution in [0.25, 0.3) is 0 Å². The molecule has 1 aliphatic rings. The fraction of sp³-hybridized carbons (Fsp3) is 0.316. The van der Waals surface area contributed by atoms with Gasteiger partial charge in [-0.15, -0.1) is 0 Å². The van der Waals surface area contributed by atoms with Crippen molar-refractivity contribution in [1.82, 2.24) is 4.31 Å². The molecule has 0 bridgehead atoms. The number of carbonyl (C=O) groups is 1. The number of anilines is 1. The van der Waals surface area contributed by atoms with Crippen LogP contribution in [0.15, 0.2) is 57.9 Å². The van der Waals surface area contributed by atoms with Crippen LogP contribution < -0.4 is 10.1 Å². The van der Waals surface area contributed by atoms with Crippen LogP contribution in [0.3, 0.4) is 0 Å². The summed E-state index contributed by atoms with van der Waals surface area (Å²) >= 11 is 3.35. The molecule has 1 saturated heterocycles. The van der Waals surface area contributed by atoms with Crippen LogP contribution in [0.4, 0.5) is 5.69 Å². The number of carbonyl (C=O) groups excluding carboxylic acids is 1. The SMILES string of the molecule is CC(Oc1ccc(Br)cc1)C(=O)Nc1ccc(S(=O)(=O)N2CCCC2)cc1. The van der Waals surface area contributed by atoms with Gasteiger partial charge in [-0.05, 0) is 68.3 Å². The monoisotopic (exact) mass is 452 g/mol. The van der Waals surface area contributed by atoms with Crippen LogP contribution in [-0.2, 0) is 14.8 Å². The Kier molecular flexibility index (Phi) is 6.18. The van der Waals surface area contributed by atoms with Crippen LogP contribution in [0.1, 0.15) is 19.8 Å². The highest BCUT2D eigenvalue weighted by Gasteiger charge is 2.27. The Morgan fingerprint density at radius 3 is 2.26 bits per heavy atom. The van der Waals surface area contributed by atoms with Gasteiger partial charge in [-0.1, -0.05) is 15.9 Å². The zero-order chi connectivity index (χ0) is 19.4. The van der Waals surface area contributed by atoms with Gasteiger partial charge in [0, 0.05) is 23.2 Å². The summed E-state index contributed by atoms with van der Waals surface area (Å²) in [6.45, 7) is 2.78. The van der Waals surface area contributed by atoms with E-state index in [0.29, 0.717) is 24.5 Å². The normalized spacial score (nSPS) is 16.1. The Labute approximate surface area is 167 Å². The molecular formula is C19H21BrN2O4S. The van der Waals surface area contributed by atoms with Gasteiger partial charge in [-0.2, -0.15) is 4.31 Å². The molecule has 1 fully saturated rings. The molecule has 1 heterocycles. The first-order valence-corrected chi connectivity index (χ1v) is 10.9. The van der Waals surface area contributed by atoms with Gasteiger partial charge < -0.3 is 10.1 Å². The summed E-state index contributed by atoms with van der Waals surface area (Å²) in [6, 6.07) is 13.4. The topological polar surface area (TPSA) is 75.7 Å². The maximum absolute atomic E-state index is 12.5. The molecule has 0 aromatic heterocycles. The van der Waals surface area contributed by atoms with Crippen molar-refractivity contribution in [3.63, 3.8) is 0 Å². The van der Waals surface area contributed by atoms with Gasteiger partial charge in [0.2, 0.25) is 10.0 Å². The lowest BCUT2D eigenvalue weighted by molar-refractivity contribution is -0.122. The van der Waals surface area contributed by atoms with E-state index in [1.54, 1.807) is 31.2 Å². The van der Waals surface area contributed by atoms with Gasteiger partial charge in [0.15, 0.2) is 6.10 Å². The molecule has 1 aliphatic heterocycles. The first-order valence-electron chi connectivity index (χ1n) is 8.69. The van der Waals surface area contributed by atoms with Gasteiger partial charge >= 0.3 is 0 Å². The average molecular weight is 453 g/mol. The van der Waals surface area contributed by atoms with Crippen LogP contribution in [-0.4, -0.2) is 37.8 Å². The van der Waals surface area contributed by atoms with Crippen LogP contribution in [0.2, 0.25) is 0 Å². The fourth-order valence-corrected chi connectivity index (χ4v) is 4.58. The van der Waals surface area contributed by atoms with Gasteiger partial charge in [-0.25, -0.2) is 8.42 Å². The minimum absolute atomic E-state index is 0.238. The van der Waals surface area contributed by atoms with Crippen molar-refractivity contribution in [2.75, 3.05) is 18.4 Å². The van der Waals surface area contributed by atoms with Gasteiger partial charge in [0.05, 0.1) is 4.90 Å². The third kappa shape index (κ3) is 4.88. The van der Waals surface area contributed by atoms with Crippen molar-refractivity contribution in [2.24, 2.45) is 0 Å². The van der Waals surface area contributed by atoms with Gasteiger partial charge in [0.25, 0.3) is 5.91 Å². The summed E-state index contributed by atoms with van der Waals surface area (Å²) in [7, 11) is -3.45. The molecule has 6 nitrogen and oxygen atoms in total. The zero-order valence-electron chi connectivity index (χ0n) is 14.9. The number of nitrogens with one attached hydrogen (secondary N) is 1. The quantitative estimate of drug-likeness (QED) is 0.725. The second kappa shape index (κ2) is 8.41. The van der Waals surface area contributed by atoms with Crippen LogP contribution >= 0.6 is 15.9 Å². The maximum atomic E-state index is 12.5. The Morgan fingerprint density at radius 2 is 1.67 bits per heavy atom. The molecule has 8 heteroatoms. The molecule has 27 heavy (non-hydrogen) atoms. The Balaban J connectivity index is 1.61. The molecule has 2 aromatic rings. The third-order valence-electron chi connectivity index (χ3n) is 4.32. The van der Waals surface area contributed by atoms with E-state index in [2.05, 4.69) is 21.2 Å². The van der Waals surface area contributed by atoms with Crippen molar-refractivity contribution in [3.8, 4) is 5.75 Å². The van der Waals surface area contributed by atoms with Crippen molar-refractivity contribution in [1.29, 1.82) is 0 Å². The predicted molar refractivity (Wildman–Crippen MR) is 107 cm³/mol. The van der Waals surface area contributed by atoms with Crippen LogP contribution in [0, 0.1) is 0 Å². The highest BCUT2D eigenvalue weighted by Crippen LogP contribution is 2.22. The van der Waals surface area contributed by atoms with E-state index in [1.807, 2.05) is 12.1 Å². The summed E-state index contributed by atoms with van der Waals surface area (Å²) in [4.78, 5) is 12.5. The third-order valence-corrected chi connectivity index (χ3v) is 6.76. The minimum atomic E-state index is -3.45. The van der Waals surface area contributed by atoms with Crippen molar-refractivity contribution in [2.45, 2.75) is 30.8 Å². The standard InChI is InChI=1S/C19H21BrN2O4S/c1-14(26-17-8-4-15(20)5-9-17)19(23)21-16-6-10-18(11-7-16)27(24,25)22-12-2-3-13-22/h4-11,14H,2-3,12-13H2,1H3,(H,21,23). The molecular weight excluding hydrogens is 432 g/mol. The number of benzene rings is 2. The van der Waals surface area contributed by atoms with E-state index in [9.17, 15) is 13.2 Å². The van der Waals surface area contributed by atoms with E-state index >= 15 is 0 Å². The predicted octanol–water partition coefficient (Wildman–Crippen LogP) is 3.64. The number of rotatable bonds is 6. The molecule has 2 aromatic carbocycles. The lowest BCUT2D eigenvalue weighted by atomic mass is 10.3. The average Bonchev–Trinajstić information content (AvgIpc) is 3.19. The summed E-state index contributed by atoms with van der Waals surface area (Å²) in [6.07, 6.45) is 1.09. The van der Waals surface area contributed by atoms with Gasteiger partial charge in [-0.3, -0.25) is 4.79 Å². The van der Waals surface area contributed by atoms with E-state index in [-0.39, 0.29) is 10.8 Å². The first kappa shape index (κ1) is 19.9. The number of sulfonamides is 1. The summed E-state index contributed by atoms with van der Waals surface area (Å²) in [5.74, 6) is 0.279. The second-order valence-electron chi connectivity index (χ2n) is 6.34. The summed E-state index contributed by atoms with van der Waals surface area (Å²) < 4.78 is 33.1. The lowest BCUT2D eigenvalue weighted by Crippen LogP contribution is -2.30. The van der Waals surface area contributed by atoms with E-state index in [0.717, 1.165) is 17.3 Å². The lowest BCUT2D eigenvalue weighted by Gasteiger charge is -2.17. The first-order chi connectivity index (χ1) is 12.9. The van der Waals surface area contributed by atoms with Crippen LogP contribution in [0.5, 0.6) is 5.75 Å². The number of amides is 1. The van der Waals surface area contributed by atoms with Gasteiger partial charge in [0.1, 0.15) is 5.75 Å². The molecule has 1 amide bonds. The molecule has 1 N–H and O–H groups in total. The molecule has 0 saturated carbocycles. The summed E-state index contributed by atoms with van der Waals surface area (Å²) in [5, 5.41) is 2.74. The number of ether oxygens (including phenoxy) is 1. The number of halogens is 1. The van der Waals surface area contributed by atoms with E-state index in [4.69, 9.17) is 4.74 Å². The largest absolute Gasteiger partial charge is 0.481 e. The molecule has 0 aliphatic carbocycles. The summed E-state index contributed by atoms with van der Waals surface area (Å²) in [5.41, 5.74) is 0.520. The maximum Gasteiger partial charge on any atom is 0.265 e.